The van der Waals surface area contributed by atoms with E-state index in [9.17, 15) is 73.0 Å². The minimum absolute atomic E-state index is 0.0322. The zero-order valence-electron chi connectivity index (χ0n) is 63.8. The van der Waals surface area contributed by atoms with Gasteiger partial charge in [-0.25, -0.2) is 24.5 Å². The number of carbonyl (C=O) groups excluding carboxylic acids is 6. The van der Waals surface area contributed by atoms with Crippen LogP contribution in [0.4, 0.5) is 16.4 Å². The van der Waals surface area contributed by atoms with Crippen LogP contribution in [0.15, 0.2) is 84.3 Å². The molecule has 1 saturated carbocycles. The van der Waals surface area contributed by atoms with Crippen LogP contribution >= 0.6 is 16.5 Å². The number of anilines is 2. The smallest absolute Gasteiger partial charge is 0.410 e. The van der Waals surface area contributed by atoms with Gasteiger partial charge in [0.15, 0.2) is 23.5 Å². The van der Waals surface area contributed by atoms with Gasteiger partial charge in [0.1, 0.15) is 61.4 Å². The number of aromatic amines is 1. The van der Waals surface area contributed by atoms with Gasteiger partial charge in [-0.05, 0) is 48.6 Å². The standard InChI is InChI=1S/C72H97N11O32P2/c1-99-21-22-101-25-26-103-29-30-105-33-34-106-32-31-104-28-27-102-24-23-100-20-19-81(72(96)107-39-44-10-11-50(112-70-62(91)60(89)61(90)64(113-70)69(94)95)49(35-44)77-54(85)14-17-74-53(84)9-3-2-6-18-82-56(86)12-13-57(82)87)38-45-7-4-5-8-48(45)66(92)79-71-78-65-58(67(93)80-71)76-43-83(65)68-63-59(88)52(111-68)41-109-116(97)114-51-37-47(110-55-15-16-73-42-75-55)36-46(51)40-108-117(98)115-63/h4-5,7-8,10-13,15-16,35,42-43,46-47,51-52,59-64,68,70,88-91,116-117H,2-3,6,9,14,17-34,36-41H2,1H3,(H,74,84)(H,77,85)(H,94,95)(H2,78,79,80,92,93)/t46-,47-,51+,52-,59-,60+,61+,62-,63-,64+,68-,70-/m1/s1. The number of benzene rings is 2. The van der Waals surface area contributed by atoms with Gasteiger partial charge in [0.25, 0.3) is 23.3 Å². The Hall–Kier alpha value is -8.76. The number of nitrogens with zero attached hydrogens (tertiary/aromatic N) is 7. The number of rotatable bonds is 46. The highest BCUT2D eigenvalue weighted by Crippen LogP contribution is 2.45. The van der Waals surface area contributed by atoms with Gasteiger partial charge in [-0.2, -0.15) is 4.98 Å². The van der Waals surface area contributed by atoms with E-state index in [1.54, 1.807) is 25.3 Å². The molecule has 6 amide bonds. The van der Waals surface area contributed by atoms with E-state index >= 15 is 0 Å². The van der Waals surface area contributed by atoms with E-state index in [0.29, 0.717) is 97.6 Å². The van der Waals surface area contributed by atoms with Crippen molar-refractivity contribution in [3.8, 4) is 11.6 Å². The molecule has 43 nitrogen and oxygen atoms in total. The first-order chi connectivity index (χ1) is 56.7. The maximum atomic E-state index is 14.6. The highest BCUT2D eigenvalue weighted by Gasteiger charge is 2.50. The quantitative estimate of drug-likeness (QED) is 0.0149. The number of imide groups is 1. The van der Waals surface area contributed by atoms with Gasteiger partial charge in [-0.1, -0.05) is 30.7 Å². The largest absolute Gasteiger partial charge is 0.479 e. The Morgan fingerprint density at radius 2 is 1.35 bits per heavy atom. The number of carbonyl (C=O) groups is 7. The summed E-state index contributed by atoms with van der Waals surface area (Å²) in [4.78, 5) is 127. The molecule has 3 saturated heterocycles. The van der Waals surface area contributed by atoms with Crippen LogP contribution in [0.3, 0.4) is 0 Å². The number of aromatic nitrogens is 6. The number of aliphatic carboxylic acids is 1. The topological polar surface area (TPSA) is 544 Å². The van der Waals surface area contributed by atoms with Crippen LogP contribution in [-0.4, -0.2) is 307 Å². The zero-order valence-corrected chi connectivity index (χ0v) is 65.8. The molecular weight excluding hydrogens is 1590 g/mol. The van der Waals surface area contributed by atoms with Crippen molar-refractivity contribution in [3.63, 3.8) is 0 Å². The summed E-state index contributed by atoms with van der Waals surface area (Å²) >= 11 is 0. The maximum Gasteiger partial charge on any atom is 0.410 e. The summed E-state index contributed by atoms with van der Waals surface area (Å²) in [5, 5.41) is 61.1. The van der Waals surface area contributed by atoms with E-state index in [1.807, 2.05) is 0 Å². The molecule has 2 aromatic carbocycles. The van der Waals surface area contributed by atoms with Crippen molar-refractivity contribution in [2.24, 2.45) is 5.92 Å². The first-order valence-electron chi connectivity index (χ1n) is 37.8. The zero-order chi connectivity index (χ0) is 83.0. The van der Waals surface area contributed by atoms with Crippen LogP contribution in [0.5, 0.6) is 11.6 Å². The number of hydrogen-bond donors (Lipinski definition) is 9. The van der Waals surface area contributed by atoms with E-state index < -0.39 is 156 Å². The highest BCUT2D eigenvalue weighted by atomic mass is 31.1. The Bertz CT molecular complexity index is 4190. The number of H-pyrrole nitrogens is 1. The van der Waals surface area contributed by atoms with Crippen molar-refractivity contribution >= 4 is 80.9 Å². The molecular formula is C72H97N11O32P2. The number of aliphatic hydroxyl groups is 4. The van der Waals surface area contributed by atoms with Crippen LogP contribution in [0, 0.1) is 5.92 Å². The lowest BCUT2D eigenvalue weighted by molar-refractivity contribution is -0.271. The molecule has 5 aliphatic rings. The number of amides is 6. The van der Waals surface area contributed by atoms with Crippen LogP contribution in [0.25, 0.3) is 11.2 Å². The van der Waals surface area contributed by atoms with Gasteiger partial charge in [0.05, 0.1) is 130 Å². The normalized spacial score (nSPS) is 24.0. The minimum atomic E-state index is -3.47. The molecule has 2 unspecified atom stereocenters. The SMILES string of the molecule is COCCOCCOCCOCCOCCOCCOCCOCCN(Cc1ccccc1C(=O)Nc1nc2c(ncn2[C@@H]2O[C@@H]3CO[PH](=O)O[C@H]4C[C@H](Oc5ccncn5)C[C@@H]4CO[PH](=O)O[C@@H]2[C@@H]3O)c(=O)[nH]1)C(=O)OCc1ccc(O[C@@H]2O[C@H](C(=O)O)[C@@H](O)[C@H](O)[C@H]2O)c(NC(=O)CCNC(=O)CCCCCN2C(=O)C=CC2=O)c1. The molecule has 117 heavy (non-hydrogen) atoms. The first-order valence-corrected chi connectivity index (χ1v) is 40.2. The summed E-state index contributed by atoms with van der Waals surface area (Å²) in [7, 11) is -5.14. The number of methoxy groups -OCH3 is 1. The molecule has 3 aromatic heterocycles. The molecule has 45 heteroatoms. The summed E-state index contributed by atoms with van der Waals surface area (Å²) in [6, 6.07) is 11.6. The Labute approximate surface area is 670 Å². The van der Waals surface area contributed by atoms with Crippen LogP contribution in [0.1, 0.15) is 72.7 Å². The summed E-state index contributed by atoms with van der Waals surface area (Å²) < 4.78 is 125. The van der Waals surface area contributed by atoms with Gasteiger partial charge in [0, 0.05) is 88.4 Å². The summed E-state index contributed by atoms with van der Waals surface area (Å²) in [5.74, 6) is -5.33. The van der Waals surface area contributed by atoms with E-state index in [4.69, 9.17) is 79.7 Å². The summed E-state index contributed by atoms with van der Waals surface area (Å²) in [5.41, 5.74) is -1.09. The fraction of sp³-hybridized carbons (Fsp3) is 0.583. The number of imidazole rings is 1. The lowest BCUT2D eigenvalue weighted by Gasteiger charge is -2.38. The maximum absolute atomic E-state index is 14.6. The van der Waals surface area contributed by atoms with Gasteiger partial charge in [0.2, 0.25) is 29.9 Å². The van der Waals surface area contributed by atoms with Crippen molar-refractivity contribution < 1.29 is 148 Å². The third-order valence-corrected chi connectivity index (χ3v) is 20.4. The Morgan fingerprint density at radius 3 is 2.03 bits per heavy atom. The second-order valence-corrected chi connectivity index (χ2v) is 28.9. The molecule has 0 radical (unpaired) electrons. The van der Waals surface area contributed by atoms with Gasteiger partial charge in [-0.15, -0.1) is 0 Å². The van der Waals surface area contributed by atoms with E-state index in [1.165, 1.54) is 64.5 Å². The molecule has 4 aliphatic heterocycles. The fourth-order valence-corrected chi connectivity index (χ4v) is 14.4. The van der Waals surface area contributed by atoms with Crippen molar-refractivity contribution in [1.82, 2.24) is 44.6 Å². The lowest BCUT2D eigenvalue weighted by atomic mass is 9.99. The summed E-state index contributed by atoms with van der Waals surface area (Å²) in [6.07, 6.45) is -10.1. The Kier molecular flexibility index (Phi) is 36.5. The molecule has 1 aliphatic carbocycles. The van der Waals surface area contributed by atoms with Crippen molar-refractivity contribution in [1.29, 1.82) is 0 Å². The first kappa shape index (κ1) is 90.6. The molecule has 14 atom stereocenters. The summed E-state index contributed by atoms with van der Waals surface area (Å²) in [6.45, 7) is 2.93. The van der Waals surface area contributed by atoms with Gasteiger partial charge in [-0.3, -0.25) is 62.2 Å². The number of aliphatic hydroxyl groups excluding tert-OH is 4. The molecule has 10 rings (SSSR count). The van der Waals surface area contributed by atoms with Crippen molar-refractivity contribution in [3.05, 3.63) is 107 Å². The molecule has 642 valence electrons. The number of carboxylic acid groups (broad SMARTS) is 1. The van der Waals surface area contributed by atoms with Gasteiger partial charge < -0.3 is 116 Å². The average Bonchev–Trinajstić information content (AvgIpc) is 1.61. The number of carboxylic acids is 1. The molecule has 4 fully saturated rings. The van der Waals surface area contributed by atoms with E-state index in [-0.39, 0.29) is 124 Å². The van der Waals surface area contributed by atoms with Crippen LogP contribution in [-0.2, 0) is 116 Å². The highest BCUT2D eigenvalue weighted by molar-refractivity contribution is 7.33. The predicted octanol–water partition coefficient (Wildman–Crippen LogP) is 0.977. The van der Waals surface area contributed by atoms with E-state index in [2.05, 4.69) is 40.9 Å². The van der Waals surface area contributed by atoms with Crippen LogP contribution < -0.4 is 31.0 Å². The average molecular weight is 1690 g/mol. The number of ether oxygens (including phenoxy) is 13. The molecule has 0 spiro atoms. The molecule has 5 aromatic rings. The Balaban J connectivity index is 0.783. The number of fused-ring (bicyclic) bond motifs is 4. The molecule has 7 heterocycles. The van der Waals surface area contributed by atoms with Crippen LogP contribution in [0.2, 0.25) is 0 Å². The van der Waals surface area contributed by atoms with Crippen molar-refractivity contribution in [2.45, 2.75) is 126 Å². The number of hydrogen-bond acceptors (Lipinski definition) is 35. The minimum Gasteiger partial charge on any atom is -0.479 e. The molecule has 9 N–H and O–H groups in total. The number of nitrogens with one attached hydrogen (secondary N) is 4. The van der Waals surface area contributed by atoms with E-state index in [0.717, 1.165) is 11.2 Å². The third kappa shape index (κ3) is 27.7. The second-order valence-electron chi connectivity index (χ2n) is 26.8. The number of unbranched alkanes of at least 4 members (excludes halogenated alkanes) is 2. The van der Waals surface area contributed by atoms with Crippen molar-refractivity contribution in [2.75, 3.05) is 150 Å². The molecule has 2 bridgehead atoms. The van der Waals surface area contributed by atoms with Gasteiger partial charge >= 0.3 is 28.6 Å². The second kappa shape index (κ2) is 47.1. The predicted molar refractivity (Wildman–Crippen MR) is 401 cm³/mol. The Morgan fingerprint density at radius 1 is 0.684 bits per heavy atom. The fourth-order valence-electron chi connectivity index (χ4n) is 12.6. The lowest BCUT2D eigenvalue weighted by Crippen LogP contribution is -2.61. The third-order valence-electron chi connectivity index (χ3n) is 18.6. The monoisotopic (exact) mass is 1690 g/mol.